The number of benzene rings is 2. The molecule has 0 spiro atoms. The maximum Gasteiger partial charge on any atom is 0.417 e. The van der Waals surface area contributed by atoms with Crippen LogP contribution in [0.1, 0.15) is 31.9 Å². The van der Waals surface area contributed by atoms with E-state index in [0.29, 0.717) is 6.07 Å². The Bertz CT molecular complexity index is 1220. The average molecular weight is 485 g/mol. The zero-order valence-corrected chi connectivity index (χ0v) is 18.8. The van der Waals surface area contributed by atoms with Gasteiger partial charge in [0.1, 0.15) is 5.54 Å². The molecule has 2 rings (SSSR count). The number of carbonyl (C=O) groups is 1. The molecule has 0 atom stereocenters. The first-order chi connectivity index (χ1) is 14.6. The summed E-state index contributed by atoms with van der Waals surface area (Å²) in [6.45, 7) is 4.29. The molecule has 0 saturated heterocycles. The molecular formula is C20H19F3N4O3S2. The van der Waals surface area contributed by atoms with Gasteiger partial charge in [0.25, 0.3) is 5.91 Å². The lowest BCUT2D eigenvalue weighted by atomic mass is 10.0. The van der Waals surface area contributed by atoms with Crippen molar-refractivity contribution in [1.82, 2.24) is 0 Å². The lowest BCUT2D eigenvalue weighted by molar-refractivity contribution is -0.137. The molecule has 7 nitrogen and oxygen atoms in total. The molecule has 2 aromatic carbocycles. The quantitative estimate of drug-likeness (QED) is 0.624. The van der Waals surface area contributed by atoms with E-state index in [1.54, 1.807) is 0 Å². The number of anilines is 2. The van der Waals surface area contributed by atoms with E-state index in [-0.39, 0.29) is 21.3 Å². The van der Waals surface area contributed by atoms with E-state index in [2.05, 4.69) is 5.32 Å². The molecule has 170 valence electrons. The highest BCUT2D eigenvalue weighted by atomic mass is 32.2. The van der Waals surface area contributed by atoms with Gasteiger partial charge in [-0.2, -0.15) is 18.4 Å². The van der Waals surface area contributed by atoms with Crippen molar-refractivity contribution in [3.63, 3.8) is 0 Å². The molecule has 0 aliphatic rings. The first kappa shape index (κ1) is 25.3. The van der Waals surface area contributed by atoms with Gasteiger partial charge in [0, 0.05) is 5.69 Å². The third-order valence-electron chi connectivity index (χ3n) is 4.36. The number of carbonyl (C=O) groups excluding carboxylic acids is 1. The van der Waals surface area contributed by atoms with Crippen LogP contribution in [0.4, 0.5) is 24.5 Å². The van der Waals surface area contributed by atoms with Crippen LogP contribution in [0.15, 0.2) is 47.4 Å². The maximum atomic E-state index is 13.4. The minimum Gasteiger partial charge on any atom is -0.372 e. The number of nitrogens with one attached hydrogen (secondary N) is 1. The highest BCUT2D eigenvalue weighted by Gasteiger charge is 2.37. The van der Waals surface area contributed by atoms with Crippen LogP contribution in [-0.4, -0.2) is 24.9 Å². The van der Waals surface area contributed by atoms with Crippen molar-refractivity contribution >= 4 is 44.5 Å². The second-order valence-corrected chi connectivity index (χ2v) is 9.47. The van der Waals surface area contributed by atoms with E-state index in [1.165, 1.54) is 57.2 Å². The van der Waals surface area contributed by atoms with Crippen LogP contribution in [0.25, 0.3) is 0 Å². The minimum atomic E-state index is -4.81. The summed E-state index contributed by atoms with van der Waals surface area (Å²) in [5.41, 5.74) is -3.13. The Morgan fingerprint density at radius 1 is 1.19 bits per heavy atom. The molecule has 0 radical (unpaired) electrons. The molecular weight excluding hydrogens is 465 g/mol. The molecule has 1 amide bonds. The number of nitrogens with two attached hydrogens (primary N) is 1. The number of nitrogens with zero attached hydrogens (tertiary/aromatic N) is 2. The number of nitriles is 1. The van der Waals surface area contributed by atoms with E-state index in [9.17, 15) is 26.4 Å². The maximum absolute atomic E-state index is 13.4. The molecule has 3 N–H and O–H groups in total. The second-order valence-electron chi connectivity index (χ2n) is 7.32. The van der Waals surface area contributed by atoms with Gasteiger partial charge in [-0.1, -0.05) is 18.3 Å². The molecule has 0 saturated carbocycles. The van der Waals surface area contributed by atoms with Crippen molar-refractivity contribution < 1.29 is 26.4 Å². The van der Waals surface area contributed by atoms with E-state index in [1.807, 2.05) is 0 Å². The van der Waals surface area contributed by atoms with Gasteiger partial charge in [-0.05, 0) is 57.2 Å². The summed E-state index contributed by atoms with van der Waals surface area (Å²) in [6.07, 6.45) is -4.81. The molecule has 0 bridgehead atoms. The fraction of sp³-hybridized carbons (Fsp3) is 0.250. The average Bonchev–Trinajstić information content (AvgIpc) is 2.66. The molecule has 32 heavy (non-hydrogen) atoms. The summed E-state index contributed by atoms with van der Waals surface area (Å²) < 4.78 is 63.3. The second kappa shape index (κ2) is 8.85. The number of primary sulfonamides is 1. The van der Waals surface area contributed by atoms with Gasteiger partial charge in [0.2, 0.25) is 10.0 Å². The van der Waals surface area contributed by atoms with Crippen LogP contribution in [-0.2, 0) is 21.0 Å². The molecule has 0 aliphatic heterocycles. The van der Waals surface area contributed by atoms with E-state index in [4.69, 9.17) is 22.6 Å². The monoisotopic (exact) mass is 484 g/mol. The van der Waals surface area contributed by atoms with Crippen molar-refractivity contribution in [3.05, 3.63) is 53.6 Å². The molecule has 2 aromatic rings. The Labute approximate surface area is 188 Å². The van der Waals surface area contributed by atoms with Crippen molar-refractivity contribution in [1.29, 1.82) is 5.26 Å². The zero-order chi connectivity index (χ0) is 24.5. The molecule has 0 unspecified atom stereocenters. The topological polar surface area (TPSA) is 116 Å². The van der Waals surface area contributed by atoms with Gasteiger partial charge in [-0.25, -0.2) is 13.6 Å². The number of hydrogen-bond acceptors (Lipinski definition) is 6. The predicted molar refractivity (Wildman–Crippen MR) is 117 cm³/mol. The standard InChI is InChI=1S/C20H19F3N4O3S2/c1-12(31)27(15-8-7-13(11-24)17(10-15)20(21,22)23)18(28)19(2,3)26-14-5-4-6-16(9-14)32(25,29)30/h4-10,26H,1-3H3,(H2,25,29,30). The number of thiocarbonyl (C=S) groups is 1. The lowest BCUT2D eigenvalue weighted by Crippen LogP contribution is -2.51. The third-order valence-corrected chi connectivity index (χ3v) is 5.45. The summed E-state index contributed by atoms with van der Waals surface area (Å²) in [4.78, 5) is 14.0. The SMILES string of the molecule is CC(=S)N(C(=O)C(C)(C)Nc1cccc(S(N)(=O)=O)c1)c1ccc(C#N)c(C(F)(F)F)c1. The van der Waals surface area contributed by atoms with E-state index >= 15 is 0 Å². The van der Waals surface area contributed by atoms with Gasteiger partial charge in [0.05, 0.1) is 32.8 Å². The van der Waals surface area contributed by atoms with Gasteiger partial charge in [-0.15, -0.1) is 0 Å². The molecule has 0 fully saturated rings. The smallest absolute Gasteiger partial charge is 0.372 e. The molecule has 0 aliphatic carbocycles. The number of sulfonamides is 1. The van der Waals surface area contributed by atoms with Crippen LogP contribution in [0.3, 0.4) is 0 Å². The van der Waals surface area contributed by atoms with Crippen molar-refractivity contribution in [3.8, 4) is 6.07 Å². The van der Waals surface area contributed by atoms with Crippen LogP contribution in [0, 0.1) is 11.3 Å². The summed E-state index contributed by atoms with van der Waals surface area (Å²) >= 11 is 5.11. The van der Waals surface area contributed by atoms with E-state index in [0.717, 1.165) is 11.0 Å². The van der Waals surface area contributed by atoms with E-state index < -0.39 is 38.8 Å². The Kier molecular flexibility index (Phi) is 6.99. The number of halogens is 3. The lowest BCUT2D eigenvalue weighted by Gasteiger charge is -2.33. The fourth-order valence-electron chi connectivity index (χ4n) is 2.89. The number of alkyl halides is 3. The first-order valence-electron chi connectivity index (χ1n) is 8.95. The molecule has 0 heterocycles. The Hall–Kier alpha value is -3.01. The minimum absolute atomic E-state index is 0.0269. The third kappa shape index (κ3) is 5.61. The van der Waals surface area contributed by atoms with Crippen molar-refractivity contribution in [2.75, 3.05) is 10.2 Å². The Balaban J connectivity index is 2.48. The fourth-order valence-corrected chi connectivity index (χ4v) is 3.64. The highest BCUT2D eigenvalue weighted by Crippen LogP contribution is 2.35. The van der Waals surface area contributed by atoms with Crippen LogP contribution in [0.5, 0.6) is 0 Å². The predicted octanol–water partition coefficient (Wildman–Crippen LogP) is 3.80. The number of hydrogen-bond donors (Lipinski definition) is 2. The molecule has 12 heteroatoms. The normalized spacial score (nSPS) is 12.1. The Morgan fingerprint density at radius 2 is 1.81 bits per heavy atom. The number of amides is 1. The van der Waals surface area contributed by atoms with Crippen molar-refractivity contribution in [2.45, 2.75) is 37.4 Å². The number of rotatable bonds is 5. The zero-order valence-electron chi connectivity index (χ0n) is 17.2. The van der Waals surface area contributed by atoms with Gasteiger partial charge >= 0.3 is 6.18 Å². The van der Waals surface area contributed by atoms with Gasteiger partial charge in [-0.3, -0.25) is 9.69 Å². The Morgan fingerprint density at radius 3 is 2.31 bits per heavy atom. The summed E-state index contributed by atoms with van der Waals surface area (Å²) in [7, 11) is -3.99. The largest absolute Gasteiger partial charge is 0.417 e. The van der Waals surface area contributed by atoms with Crippen LogP contribution in [0.2, 0.25) is 0 Å². The first-order valence-corrected chi connectivity index (χ1v) is 10.9. The summed E-state index contributed by atoms with van der Waals surface area (Å²) in [5.74, 6) is -0.705. The van der Waals surface area contributed by atoms with Gasteiger partial charge in [0.15, 0.2) is 0 Å². The highest BCUT2D eigenvalue weighted by molar-refractivity contribution is 7.89. The van der Waals surface area contributed by atoms with Gasteiger partial charge < -0.3 is 5.32 Å². The molecule has 0 aromatic heterocycles. The summed E-state index contributed by atoms with van der Waals surface area (Å²) in [5, 5.41) is 17.0. The van der Waals surface area contributed by atoms with Crippen molar-refractivity contribution in [2.24, 2.45) is 5.14 Å². The summed E-state index contributed by atoms with van der Waals surface area (Å²) in [6, 6.07) is 9.74. The van der Waals surface area contributed by atoms with Crippen LogP contribution >= 0.6 is 12.2 Å². The van der Waals surface area contributed by atoms with Crippen LogP contribution < -0.4 is 15.4 Å².